The van der Waals surface area contributed by atoms with Crippen molar-refractivity contribution in [2.45, 2.75) is 39.5 Å². The Hall–Kier alpha value is -1.15. The average Bonchev–Trinajstić information content (AvgIpc) is 2.69. The molecule has 1 aromatic heterocycles. The molecule has 2 aromatic rings. The maximum atomic E-state index is 4.72. The normalized spacial score (nSPS) is 11.8. The first-order valence-electron chi connectivity index (χ1n) is 5.95. The summed E-state index contributed by atoms with van der Waals surface area (Å²) in [6.45, 7) is 8.73. The van der Waals surface area contributed by atoms with E-state index in [9.17, 15) is 0 Å². The minimum absolute atomic E-state index is 0.155. The first kappa shape index (κ1) is 12.3. The molecule has 0 spiro atoms. The Bertz CT molecular complexity index is 488. The van der Waals surface area contributed by atoms with E-state index in [1.54, 1.807) is 11.3 Å². The van der Waals surface area contributed by atoms with Gasteiger partial charge in [0, 0.05) is 17.2 Å². The molecule has 1 heterocycles. The SMILES string of the molecule is Cc1ccc(Cc2nc(C(C)(C)C)cs2)cc1. The van der Waals surface area contributed by atoms with Gasteiger partial charge >= 0.3 is 0 Å². The minimum atomic E-state index is 0.155. The number of rotatable bonds is 2. The van der Waals surface area contributed by atoms with Crippen molar-refractivity contribution in [1.29, 1.82) is 0 Å². The Balaban J connectivity index is 2.14. The molecule has 90 valence electrons. The maximum Gasteiger partial charge on any atom is 0.0972 e. The Kier molecular flexibility index (Phi) is 3.34. The summed E-state index contributed by atoms with van der Waals surface area (Å²) in [4.78, 5) is 4.72. The van der Waals surface area contributed by atoms with Crippen molar-refractivity contribution >= 4 is 11.3 Å². The van der Waals surface area contributed by atoms with E-state index in [2.05, 4.69) is 57.3 Å². The third-order valence-electron chi connectivity index (χ3n) is 2.80. The molecule has 0 aliphatic rings. The fourth-order valence-corrected chi connectivity index (χ4v) is 2.67. The predicted octanol–water partition coefficient (Wildman–Crippen LogP) is 4.34. The molecule has 0 amide bonds. The van der Waals surface area contributed by atoms with Crippen LogP contribution < -0.4 is 0 Å². The van der Waals surface area contributed by atoms with Crippen LogP contribution >= 0.6 is 11.3 Å². The van der Waals surface area contributed by atoms with E-state index in [1.165, 1.54) is 21.8 Å². The fraction of sp³-hybridized carbons (Fsp3) is 0.400. The van der Waals surface area contributed by atoms with Gasteiger partial charge in [0.1, 0.15) is 0 Å². The van der Waals surface area contributed by atoms with Crippen LogP contribution in [0.4, 0.5) is 0 Å². The molecule has 0 bridgehead atoms. The van der Waals surface area contributed by atoms with Crippen molar-refractivity contribution in [1.82, 2.24) is 4.98 Å². The van der Waals surface area contributed by atoms with Crippen LogP contribution in [0.15, 0.2) is 29.6 Å². The molecule has 1 nitrogen and oxygen atoms in total. The standard InChI is InChI=1S/C15H19NS/c1-11-5-7-12(8-6-11)9-14-16-13(10-17-14)15(2,3)4/h5-8,10H,9H2,1-4H3. The van der Waals surface area contributed by atoms with Gasteiger partial charge in [-0.05, 0) is 12.5 Å². The van der Waals surface area contributed by atoms with Crippen molar-refractivity contribution in [2.24, 2.45) is 0 Å². The topological polar surface area (TPSA) is 12.9 Å². The second-order valence-electron chi connectivity index (χ2n) is 5.54. The Morgan fingerprint density at radius 2 is 1.76 bits per heavy atom. The molecule has 0 atom stereocenters. The summed E-state index contributed by atoms with van der Waals surface area (Å²) in [6.07, 6.45) is 0.945. The highest BCUT2D eigenvalue weighted by Crippen LogP contribution is 2.25. The van der Waals surface area contributed by atoms with Crippen LogP contribution in [0.1, 0.15) is 42.6 Å². The lowest BCUT2D eigenvalue weighted by atomic mass is 9.93. The molecule has 0 saturated heterocycles. The third-order valence-corrected chi connectivity index (χ3v) is 3.64. The maximum absolute atomic E-state index is 4.72. The van der Waals surface area contributed by atoms with Crippen molar-refractivity contribution in [3.63, 3.8) is 0 Å². The molecular weight excluding hydrogens is 226 g/mol. The number of aryl methyl sites for hydroxylation is 1. The number of benzene rings is 1. The van der Waals surface area contributed by atoms with Gasteiger partial charge in [-0.2, -0.15) is 0 Å². The number of nitrogens with zero attached hydrogens (tertiary/aromatic N) is 1. The number of aromatic nitrogens is 1. The van der Waals surface area contributed by atoms with Crippen LogP contribution in [0.2, 0.25) is 0 Å². The molecule has 1 aromatic carbocycles. The molecule has 0 aliphatic heterocycles. The smallest absolute Gasteiger partial charge is 0.0972 e. The van der Waals surface area contributed by atoms with E-state index >= 15 is 0 Å². The van der Waals surface area contributed by atoms with E-state index in [0.717, 1.165) is 6.42 Å². The summed E-state index contributed by atoms with van der Waals surface area (Å²) < 4.78 is 0. The van der Waals surface area contributed by atoms with Gasteiger partial charge in [-0.15, -0.1) is 11.3 Å². The first-order chi connectivity index (χ1) is 7.95. The van der Waals surface area contributed by atoms with Crippen molar-refractivity contribution in [2.75, 3.05) is 0 Å². The number of hydrogen-bond acceptors (Lipinski definition) is 2. The largest absolute Gasteiger partial charge is 0.245 e. The zero-order valence-electron chi connectivity index (χ0n) is 10.9. The van der Waals surface area contributed by atoms with Gasteiger partial charge in [0.15, 0.2) is 0 Å². The van der Waals surface area contributed by atoms with Gasteiger partial charge in [0.2, 0.25) is 0 Å². The van der Waals surface area contributed by atoms with Gasteiger partial charge < -0.3 is 0 Å². The van der Waals surface area contributed by atoms with E-state index in [4.69, 9.17) is 4.98 Å². The highest BCUT2D eigenvalue weighted by Gasteiger charge is 2.17. The monoisotopic (exact) mass is 245 g/mol. The van der Waals surface area contributed by atoms with E-state index < -0.39 is 0 Å². The van der Waals surface area contributed by atoms with Crippen LogP contribution in [0, 0.1) is 6.92 Å². The zero-order chi connectivity index (χ0) is 12.5. The van der Waals surface area contributed by atoms with Crippen LogP contribution in [0.3, 0.4) is 0 Å². The fourth-order valence-electron chi connectivity index (χ4n) is 1.62. The van der Waals surface area contributed by atoms with Crippen molar-refractivity contribution < 1.29 is 0 Å². The van der Waals surface area contributed by atoms with Gasteiger partial charge in [-0.3, -0.25) is 0 Å². The van der Waals surface area contributed by atoms with E-state index in [0.29, 0.717) is 0 Å². The van der Waals surface area contributed by atoms with E-state index in [1.807, 2.05) is 0 Å². The van der Waals surface area contributed by atoms with Gasteiger partial charge in [-0.25, -0.2) is 4.98 Å². The Morgan fingerprint density at radius 1 is 1.12 bits per heavy atom. The summed E-state index contributed by atoms with van der Waals surface area (Å²) in [5, 5.41) is 3.39. The molecular formula is C15H19NS. The summed E-state index contributed by atoms with van der Waals surface area (Å²) in [6, 6.07) is 8.70. The molecule has 0 fully saturated rings. The zero-order valence-corrected chi connectivity index (χ0v) is 11.8. The van der Waals surface area contributed by atoms with Gasteiger partial charge in [0.05, 0.1) is 10.7 Å². The van der Waals surface area contributed by atoms with Crippen LogP contribution in [-0.4, -0.2) is 4.98 Å². The number of hydrogen-bond donors (Lipinski definition) is 0. The predicted molar refractivity (Wildman–Crippen MR) is 74.8 cm³/mol. The summed E-state index contributed by atoms with van der Waals surface area (Å²) in [5.74, 6) is 0. The Labute approximate surface area is 108 Å². The van der Waals surface area contributed by atoms with Crippen LogP contribution in [0.5, 0.6) is 0 Å². The van der Waals surface area contributed by atoms with Crippen LogP contribution in [-0.2, 0) is 11.8 Å². The highest BCUT2D eigenvalue weighted by atomic mass is 32.1. The second kappa shape index (κ2) is 4.61. The minimum Gasteiger partial charge on any atom is -0.245 e. The second-order valence-corrected chi connectivity index (χ2v) is 6.48. The molecule has 0 saturated carbocycles. The lowest BCUT2D eigenvalue weighted by molar-refractivity contribution is 0.571. The highest BCUT2D eigenvalue weighted by molar-refractivity contribution is 7.09. The molecule has 2 rings (SSSR count). The van der Waals surface area contributed by atoms with Gasteiger partial charge in [0.25, 0.3) is 0 Å². The quantitative estimate of drug-likeness (QED) is 0.767. The summed E-state index contributed by atoms with van der Waals surface area (Å²) >= 11 is 1.76. The summed E-state index contributed by atoms with van der Waals surface area (Å²) in [5.41, 5.74) is 4.00. The molecule has 0 N–H and O–H groups in total. The van der Waals surface area contributed by atoms with Crippen molar-refractivity contribution in [3.8, 4) is 0 Å². The van der Waals surface area contributed by atoms with Gasteiger partial charge in [-0.1, -0.05) is 50.6 Å². The van der Waals surface area contributed by atoms with Crippen LogP contribution in [0.25, 0.3) is 0 Å². The molecule has 0 unspecified atom stereocenters. The Morgan fingerprint density at radius 3 is 2.29 bits per heavy atom. The molecule has 0 radical (unpaired) electrons. The van der Waals surface area contributed by atoms with Crippen molar-refractivity contribution in [3.05, 3.63) is 51.5 Å². The van der Waals surface area contributed by atoms with E-state index in [-0.39, 0.29) is 5.41 Å². The lowest BCUT2D eigenvalue weighted by Gasteiger charge is -2.14. The first-order valence-corrected chi connectivity index (χ1v) is 6.83. The summed E-state index contributed by atoms with van der Waals surface area (Å²) in [7, 11) is 0. The average molecular weight is 245 g/mol. The number of thiazole rings is 1. The molecule has 0 aliphatic carbocycles. The lowest BCUT2D eigenvalue weighted by Crippen LogP contribution is -2.11. The molecule has 17 heavy (non-hydrogen) atoms. The third kappa shape index (κ3) is 3.16. The molecule has 2 heteroatoms.